The zero-order valence-electron chi connectivity index (χ0n) is 11.4. The van der Waals surface area contributed by atoms with Crippen LogP contribution in [0.15, 0.2) is 18.2 Å². The number of aromatic hydroxyl groups is 2. The third-order valence-electron chi connectivity index (χ3n) is 4.32. The van der Waals surface area contributed by atoms with Gasteiger partial charge in [-0.05, 0) is 44.4 Å². The van der Waals surface area contributed by atoms with Crippen molar-refractivity contribution in [3.05, 3.63) is 23.8 Å². The molecule has 0 radical (unpaired) electrons. The summed E-state index contributed by atoms with van der Waals surface area (Å²) in [6, 6.07) is 4.76. The van der Waals surface area contributed by atoms with Gasteiger partial charge >= 0.3 is 0 Å². The maximum atomic E-state index is 12.2. The molecule has 0 aromatic heterocycles. The quantitative estimate of drug-likeness (QED) is 0.764. The number of hydrogen-bond acceptors (Lipinski definition) is 4. The number of hydrogen-bond donors (Lipinski definition) is 3. The molecule has 2 unspecified atom stereocenters. The number of phenolic OH excluding ortho intramolecular Hbond substituents is 2. The van der Waals surface area contributed by atoms with Crippen LogP contribution in [0.3, 0.4) is 0 Å². The molecule has 2 heterocycles. The number of benzene rings is 1. The number of amides is 1. The molecule has 1 amide bonds. The van der Waals surface area contributed by atoms with E-state index in [1.54, 1.807) is 0 Å². The third kappa shape index (κ3) is 2.72. The van der Waals surface area contributed by atoms with Crippen molar-refractivity contribution in [3.8, 4) is 11.5 Å². The van der Waals surface area contributed by atoms with Crippen molar-refractivity contribution in [1.29, 1.82) is 0 Å². The minimum Gasteiger partial charge on any atom is -0.508 e. The van der Waals surface area contributed by atoms with E-state index < -0.39 is 0 Å². The summed E-state index contributed by atoms with van der Waals surface area (Å²) in [6.07, 6.45) is 4.44. The van der Waals surface area contributed by atoms with Crippen LogP contribution < -0.4 is 5.32 Å². The Bertz CT molecular complexity index is 498. The van der Waals surface area contributed by atoms with Gasteiger partial charge in [-0.2, -0.15) is 0 Å². The van der Waals surface area contributed by atoms with Gasteiger partial charge in [0.15, 0.2) is 0 Å². The summed E-state index contributed by atoms with van der Waals surface area (Å²) in [6.45, 7) is 2.23. The maximum Gasteiger partial charge on any atom is 0.251 e. The number of carbonyl (C=O) groups excluding carboxylic acids is 1. The molecule has 0 bridgehead atoms. The number of nitrogens with one attached hydrogen (secondary N) is 1. The van der Waals surface area contributed by atoms with Gasteiger partial charge in [-0.3, -0.25) is 4.79 Å². The van der Waals surface area contributed by atoms with Gasteiger partial charge in [0.05, 0.1) is 0 Å². The first-order valence-electron chi connectivity index (χ1n) is 7.20. The predicted octanol–water partition coefficient (Wildman–Crippen LogP) is 1.45. The molecular weight excluding hydrogens is 256 g/mol. The lowest BCUT2D eigenvalue weighted by Crippen LogP contribution is -2.47. The molecule has 2 atom stereocenters. The maximum absolute atomic E-state index is 12.2. The van der Waals surface area contributed by atoms with Gasteiger partial charge in [0.2, 0.25) is 0 Å². The summed E-state index contributed by atoms with van der Waals surface area (Å²) >= 11 is 0. The van der Waals surface area contributed by atoms with E-state index in [2.05, 4.69) is 10.2 Å². The van der Waals surface area contributed by atoms with Gasteiger partial charge in [0.1, 0.15) is 11.5 Å². The van der Waals surface area contributed by atoms with Crippen LogP contribution in [0.1, 0.15) is 36.0 Å². The highest BCUT2D eigenvalue weighted by Crippen LogP contribution is 2.27. The first kappa shape index (κ1) is 13.2. The van der Waals surface area contributed by atoms with Crippen LogP contribution in [0.5, 0.6) is 11.5 Å². The molecule has 1 aromatic carbocycles. The second-order valence-corrected chi connectivity index (χ2v) is 5.76. The molecule has 2 fully saturated rings. The van der Waals surface area contributed by atoms with Crippen molar-refractivity contribution in [2.45, 2.75) is 37.8 Å². The predicted molar refractivity (Wildman–Crippen MR) is 74.9 cm³/mol. The second-order valence-electron chi connectivity index (χ2n) is 5.76. The fraction of sp³-hybridized carbons (Fsp3) is 0.533. The van der Waals surface area contributed by atoms with Gasteiger partial charge in [0, 0.05) is 30.3 Å². The molecular formula is C15H20N2O3. The summed E-state index contributed by atoms with van der Waals surface area (Å²) in [4.78, 5) is 14.7. The molecule has 0 saturated carbocycles. The van der Waals surface area contributed by atoms with Crippen LogP contribution in [0.4, 0.5) is 0 Å². The van der Waals surface area contributed by atoms with Crippen LogP contribution in [0, 0.1) is 0 Å². The lowest BCUT2D eigenvalue weighted by molar-refractivity contribution is 0.0895. The first-order valence-corrected chi connectivity index (χ1v) is 7.20. The van der Waals surface area contributed by atoms with Crippen LogP contribution in [-0.2, 0) is 0 Å². The van der Waals surface area contributed by atoms with Gasteiger partial charge in [-0.15, -0.1) is 0 Å². The highest BCUT2D eigenvalue weighted by molar-refractivity contribution is 5.95. The van der Waals surface area contributed by atoms with Crippen LogP contribution in [-0.4, -0.2) is 46.2 Å². The topological polar surface area (TPSA) is 72.8 Å². The van der Waals surface area contributed by atoms with Crippen molar-refractivity contribution in [2.75, 3.05) is 13.1 Å². The summed E-state index contributed by atoms with van der Waals surface area (Å²) in [7, 11) is 0. The molecule has 2 aliphatic rings. The Labute approximate surface area is 118 Å². The van der Waals surface area contributed by atoms with Crippen LogP contribution in [0.2, 0.25) is 0 Å². The van der Waals surface area contributed by atoms with Crippen molar-refractivity contribution in [1.82, 2.24) is 10.2 Å². The lowest BCUT2D eigenvalue weighted by Gasteiger charge is -2.35. The normalized spacial score (nSPS) is 26.2. The number of phenols is 2. The zero-order valence-corrected chi connectivity index (χ0v) is 11.4. The molecule has 1 aromatic rings. The molecule has 3 N–H and O–H groups in total. The molecule has 2 aliphatic heterocycles. The van der Waals surface area contributed by atoms with Gasteiger partial charge in [-0.1, -0.05) is 0 Å². The number of carbonyl (C=O) groups is 1. The van der Waals surface area contributed by atoms with Gasteiger partial charge in [-0.25, -0.2) is 0 Å². The smallest absolute Gasteiger partial charge is 0.251 e. The molecule has 5 nitrogen and oxygen atoms in total. The molecule has 3 rings (SSSR count). The average Bonchev–Trinajstić information content (AvgIpc) is 2.85. The van der Waals surface area contributed by atoms with Crippen LogP contribution >= 0.6 is 0 Å². The molecule has 0 aliphatic carbocycles. The van der Waals surface area contributed by atoms with E-state index in [1.165, 1.54) is 37.6 Å². The van der Waals surface area contributed by atoms with Crippen molar-refractivity contribution >= 4 is 5.91 Å². The second kappa shape index (κ2) is 5.32. The number of rotatable bonds is 2. The number of piperidine rings is 1. The fourth-order valence-corrected chi connectivity index (χ4v) is 3.35. The summed E-state index contributed by atoms with van der Waals surface area (Å²) in [5.41, 5.74) is 0.302. The zero-order chi connectivity index (χ0) is 14.1. The lowest BCUT2D eigenvalue weighted by atomic mass is 9.97. The van der Waals surface area contributed by atoms with Crippen molar-refractivity contribution < 1.29 is 15.0 Å². The Balaban J connectivity index is 1.64. The molecule has 108 valence electrons. The summed E-state index contributed by atoms with van der Waals surface area (Å²) in [5.74, 6) is -0.422. The van der Waals surface area contributed by atoms with Crippen molar-refractivity contribution in [2.24, 2.45) is 0 Å². The van der Waals surface area contributed by atoms with E-state index in [0.717, 1.165) is 19.4 Å². The fourth-order valence-electron chi connectivity index (χ4n) is 3.35. The Hall–Kier alpha value is -1.75. The molecule has 0 spiro atoms. The first-order chi connectivity index (χ1) is 9.61. The van der Waals surface area contributed by atoms with E-state index in [9.17, 15) is 15.0 Å². The average molecular weight is 276 g/mol. The third-order valence-corrected chi connectivity index (χ3v) is 4.32. The van der Waals surface area contributed by atoms with E-state index in [-0.39, 0.29) is 23.4 Å². The van der Waals surface area contributed by atoms with Gasteiger partial charge < -0.3 is 20.4 Å². The number of fused-ring (bicyclic) bond motifs is 1. The SMILES string of the molecule is O=C(NC1CCN2CCCC2C1)c1cc(O)cc(O)c1. The monoisotopic (exact) mass is 276 g/mol. The van der Waals surface area contributed by atoms with E-state index in [0.29, 0.717) is 11.6 Å². The minimum atomic E-state index is -0.229. The Morgan fingerprint density at radius 2 is 1.90 bits per heavy atom. The van der Waals surface area contributed by atoms with Gasteiger partial charge in [0.25, 0.3) is 5.91 Å². The van der Waals surface area contributed by atoms with Crippen LogP contribution in [0.25, 0.3) is 0 Å². The summed E-state index contributed by atoms with van der Waals surface area (Å²) < 4.78 is 0. The standard InChI is InChI=1S/C15H20N2O3/c18-13-6-10(7-14(19)9-13)15(20)16-11-3-5-17-4-1-2-12(17)8-11/h6-7,9,11-12,18-19H,1-5,8H2,(H,16,20). The molecule has 2 saturated heterocycles. The largest absolute Gasteiger partial charge is 0.508 e. The molecule has 20 heavy (non-hydrogen) atoms. The molecule has 5 heteroatoms. The number of nitrogens with zero attached hydrogens (tertiary/aromatic N) is 1. The summed E-state index contributed by atoms with van der Waals surface area (Å²) in [5, 5.41) is 21.9. The minimum absolute atomic E-state index is 0.0965. The Morgan fingerprint density at radius 1 is 1.15 bits per heavy atom. The Morgan fingerprint density at radius 3 is 2.65 bits per heavy atom. The van der Waals surface area contributed by atoms with Crippen molar-refractivity contribution in [3.63, 3.8) is 0 Å². The van der Waals surface area contributed by atoms with E-state index in [1.807, 2.05) is 0 Å². The highest BCUT2D eigenvalue weighted by Gasteiger charge is 2.32. The highest BCUT2D eigenvalue weighted by atomic mass is 16.3. The van der Waals surface area contributed by atoms with E-state index in [4.69, 9.17) is 0 Å². The Kier molecular flexibility index (Phi) is 3.53. The van der Waals surface area contributed by atoms with E-state index >= 15 is 0 Å².